The molecule has 0 unspecified atom stereocenters. The molecule has 2 aromatic carbocycles. The first-order valence-electron chi connectivity index (χ1n) is 7.62. The van der Waals surface area contributed by atoms with Gasteiger partial charge in [-0.3, -0.25) is 4.79 Å². The number of amides is 1. The maximum atomic E-state index is 10.8. The van der Waals surface area contributed by atoms with Gasteiger partial charge >= 0.3 is 0 Å². The SMILES string of the molecule is COc1cc(CNCCc2ccccc2)cc(Cl)c1OCC(N)=O.Cl. The zero-order chi connectivity index (χ0) is 17.4. The standard InChI is InChI=1S/C18H21ClN2O3.ClH/c1-23-16-10-14(9-15(19)18(16)24-12-17(20)22)11-21-8-7-13-5-3-2-4-6-13;/h2-6,9-10,21H,7-8,11-12H2,1H3,(H2,20,22);1H. The van der Waals surface area contributed by atoms with Crippen LogP contribution in [-0.4, -0.2) is 26.2 Å². The van der Waals surface area contributed by atoms with Crippen molar-refractivity contribution >= 4 is 29.9 Å². The average Bonchev–Trinajstić information content (AvgIpc) is 2.58. The molecule has 0 fully saturated rings. The van der Waals surface area contributed by atoms with Crippen molar-refractivity contribution in [1.29, 1.82) is 0 Å². The molecule has 0 atom stereocenters. The minimum Gasteiger partial charge on any atom is -0.493 e. The number of hydrogen-bond acceptors (Lipinski definition) is 4. The Hall–Kier alpha value is -1.95. The van der Waals surface area contributed by atoms with Crippen LogP contribution in [0.2, 0.25) is 5.02 Å². The zero-order valence-electron chi connectivity index (χ0n) is 14.0. The van der Waals surface area contributed by atoms with Crippen molar-refractivity contribution in [3.05, 3.63) is 58.6 Å². The van der Waals surface area contributed by atoms with Gasteiger partial charge in [0, 0.05) is 6.54 Å². The van der Waals surface area contributed by atoms with Crippen molar-refractivity contribution in [2.24, 2.45) is 5.73 Å². The lowest BCUT2D eigenvalue weighted by Crippen LogP contribution is -2.20. The number of rotatable bonds is 9. The molecule has 0 aromatic heterocycles. The molecule has 1 amide bonds. The third-order valence-corrected chi connectivity index (χ3v) is 3.69. The van der Waals surface area contributed by atoms with Gasteiger partial charge in [0.25, 0.3) is 5.91 Å². The Labute approximate surface area is 158 Å². The van der Waals surface area contributed by atoms with Gasteiger partial charge in [-0.2, -0.15) is 0 Å². The Bertz CT molecular complexity index is 682. The molecule has 0 bridgehead atoms. The molecule has 0 saturated carbocycles. The Morgan fingerprint density at radius 3 is 2.56 bits per heavy atom. The summed E-state index contributed by atoms with van der Waals surface area (Å²) in [5.41, 5.74) is 7.34. The van der Waals surface area contributed by atoms with E-state index in [2.05, 4.69) is 17.4 Å². The number of benzene rings is 2. The van der Waals surface area contributed by atoms with Crippen LogP contribution < -0.4 is 20.5 Å². The summed E-state index contributed by atoms with van der Waals surface area (Å²) < 4.78 is 10.6. The lowest BCUT2D eigenvalue weighted by Gasteiger charge is -2.14. The highest BCUT2D eigenvalue weighted by Gasteiger charge is 2.13. The minimum atomic E-state index is -0.570. The van der Waals surface area contributed by atoms with E-state index in [1.807, 2.05) is 24.3 Å². The molecule has 25 heavy (non-hydrogen) atoms. The number of carbonyl (C=O) groups excluding carboxylic acids is 1. The van der Waals surface area contributed by atoms with Crippen LogP contribution in [0.25, 0.3) is 0 Å². The first-order valence-corrected chi connectivity index (χ1v) is 8.00. The second kappa shape index (κ2) is 10.8. The van der Waals surface area contributed by atoms with Gasteiger partial charge in [0.1, 0.15) is 0 Å². The summed E-state index contributed by atoms with van der Waals surface area (Å²) >= 11 is 6.22. The fraction of sp³-hybridized carbons (Fsp3) is 0.278. The lowest BCUT2D eigenvalue weighted by molar-refractivity contribution is -0.119. The highest BCUT2D eigenvalue weighted by Crippen LogP contribution is 2.36. The van der Waals surface area contributed by atoms with Gasteiger partial charge in [-0.15, -0.1) is 12.4 Å². The van der Waals surface area contributed by atoms with E-state index in [4.69, 9.17) is 26.8 Å². The number of primary amides is 1. The van der Waals surface area contributed by atoms with Gasteiger partial charge in [0.05, 0.1) is 12.1 Å². The predicted octanol–water partition coefficient (Wildman–Crippen LogP) is 2.97. The van der Waals surface area contributed by atoms with Gasteiger partial charge in [0.15, 0.2) is 18.1 Å². The van der Waals surface area contributed by atoms with Crippen LogP contribution >= 0.6 is 24.0 Å². The molecule has 0 radical (unpaired) electrons. The first kappa shape index (κ1) is 21.1. The van der Waals surface area contributed by atoms with Crippen LogP contribution in [-0.2, 0) is 17.8 Å². The maximum absolute atomic E-state index is 10.8. The van der Waals surface area contributed by atoms with Crippen LogP contribution in [0.3, 0.4) is 0 Å². The number of nitrogens with two attached hydrogens (primary N) is 1. The van der Waals surface area contributed by atoms with Crippen molar-refractivity contribution in [1.82, 2.24) is 5.32 Å². The second-order valence-electron chi connectivity index (χ2n) is 5.28. The molecular weight excluding hydrogens is 363 g/mol. The normalized spacial score (nSPS) is 10.0. The Balaban J connectivity index is 0.00000312. The largest absolute Gasteiger partial charge is 0.493 e. The van der Waals surface area contributed by atoms with Crippen molar-refractivity contribution in [3.63, 3.8) is 0 Å². The topological polar surface area (TPSA) is 73.6 Å². The predicted molar refractivity (Wildman–Crippen MR) is 102 cm³/mol. The summed E-state index contributed by atoms with van der Waals surface area (Å²) in [4.78, 5) is 10.8. The third kappa shape index (κ3) is 6.82. The summed E-state index contributed by atoms with van der Waals surface area (Å²) in [6, 6.07) is 13.9. The van der Waals surface area contributed by atoms with Gasteiger partial charge in [-0.25, -0.2) is 0 Å². The molecule has 0 saturated heterocycles. The van der Waals surface area contributed by atoms with Crippen molar-refractivity contribution in [2.75, 3.05) is 20.3 Å². The Kier molecular flexibility index (Phi) is 9.13. The van der Waals surface area contributed by atoms with E-state index in [1.165, 1.54) is 12.7 Å². The summed E-state index contributed by atoms with van der Waals surface area (Å²) in [6.45, 7) is 1.26. The molecule has 136 valence electrons. The fourth-order valence-electron chi connectivity index (χ4n) is 2.27. The second-order valence-corrected chi connectivity index (χ2v) is 5.68. The number of hydrogen-bond donors (Lipinski definition) is 2. The van der Waals surface area contributed by atoms with Gasteiger partial charge in [0.2, 0.25) is 0 Å². The monoisotopic (exact) mass is 384 g/mol. The Morgan fingerprint density at radius 1 is 1.20 bits per heavy atom. The van der Waals surface area contributed by atoms with Crippen molar-refractivity contribution in [3.8, 4) is 11.5 Å². The first-order chi connectivity index (χ1) is 11.6. The van der Waals surface area contributed by atoms with E-state index < -0.39 is 5.91 Å². The molecule has 2 rings (SSSR count). The molecule has 3 N–H and O–H groups in total. The minimum absolute atomic E-state index is 0. The summed E-state index contributed by atoms with van der Waals surface area (Å²) in [5, 5.41) is 3.75. The molecule has 0 spiro atoms. The van der Waals surface area contributed by atoms with Crippen LogP contribution in [0.4, 0.5) is 0 Å². The van der Waals surface area contributed by atoms with E-state index in [9.17, 15) is 4.79 Å². The van der Waals surface area contributed by atoms with E-state index in [0.29, 0.717) is 23.1 Å². The van der Waals surface area contributed by atoms with Gasteiger partial charge in [-0.1, -0.05) is 41.9 Å². The highest BCUT2D eigenvalue weighted by atomic mass is 35.5. The number of halogens is 2. The average molecular weight is 385 g/mol. The molecule has 0 heterocycles. The van der Waals surface area contributed by atoms with Crippen LogP contribution in [0, 0.1) is 0 Å². The molecule has 7 heteroatoms. The molecule has 2 aromatic rings. The zero-order valence-corrected chi connectivity index (χ0v) is 15.5. The molecule has 0 aliphatic rings. The summed E-state index contributed by atoms with van der Waals surface area (Å²) in [6.07, 6.45) is 0.950. The Morgan fingerprint density at radius 2 is 1.92 bits per heavy atom. The lowest BCUT2D eigenvalue weighted by atomic mass is 10.1. The number of methoxy groups -OCH3 is 1. The quantitative estimate of drug-likeness (QED) is 0.651. The van der Waals surface area contributed by atoms with E-state index in [-0.39, 0.29) is 19.0 Å². The smallest absolute Gasteiger partial charge is 0.255 e. The third-order valence-electron chi connectivity index (χ3n) is 3.41. The van der Waals surface area contributed by atoms with Crippen molar-refractivity contribution in [2.45, 2.75) is 13.0 Å². The van der Waals surface area contributed by atoms with Crippen LogP contribution in [0.15, 0.2) is 42.5 Å². The van der Waals surface area contributed by atoms with Gasteiger partial charge in [-0.05, 0) is 36.2 Å². The van der Waals surface area contributed by atoms with E-state index in [0.717, 1.165) is 18.5 Å². The van der Waals surface area contributed by atoms with Crippen LogP contribution in [0.5, 0.6) is 11.5 Å². The maximum Gasteiger partial charge on any atom is 0.255 e. The number of ether oxygens (including phenoxy) is 2. The van der Waals surface area contributed by atoms with E-state index in [1.54, 1.807) is 6.07 Å². The van der Waals surface area contributed by atoms with Gasteiger partial charge < -0.3 is 20.5 Å². The number of carbonyl (C=O) groups is 1. The summed E-state index contributed by atoms with van der Waals surface area (Å²) in [5.74, 6) is 0.231. The molecule has 0 aliphatic heterocycles. The molecule has 0 aliphatic carbocycles. The molecule has 5 nitrogen and oxygen atoms in total. The number of nitrogens with one attached hydrogen (secondary N) is 1. The molecular formula is C18H22Cl2N2O3. The highest BCUT2D eigenvalue weighted by molar-refractivity contribution is 6.32. The van der Waals surface area contributed by atoms with Crippen LogP contribution in [0.1, 0.15) is 11.1 Å². The van der Waals surface area contributed by atoms with Crippen molar-refractivity contribution < 1.29 is 14.3 Å². The van der Waals surface area contributed by atoms with E-state index >= 15 is 0 Å². The summed E-state index contributed by atoms with van der Waals surface area (Å²) in [7, 11) is 1.52. The fourth-order valence-corrected chi connectivity index (χ4v) is 2.56.